The van der Waals surface area contributed by atoms with Gasteiger partial charge in [0.2, 0.25) is 5.12 Å². The van der Waals surface area contributed by atoms with Gasteiger partial charge in [0.25, 0.3) is 5.24 Å². The average molecular weight is 362 g/mol. The number of fused-ring (bicyclic) bond motifs is 1. The molecule has 130 valence electrons. The molecular weight excluding hydrogens is 344 g/mol. The molecule has 0 unspecified atom stereocenters. The lowest BCUT2D eigenvalue weighted by Crippen LogP contribution is -2.20. The molecule has 4 nitrogen and oxygen atoms in total. The predicted octanol–water partition coefficient (Wildman–Crippen LogP) is 4.97. The summed E-state index contributed by atoms with van der Waals surface area (Å²) < 4.78 is 2.15. The summed E-state index contributed by atoms with van der Waals surface area (Å²) in [6.45, 7) is 6.66. The number of nitrogens with zero attached hydrogens (tertiary/aromatic N) is 2. The van der Waals surface area contributed by atoms with E-state index < -0.39 is 0 Å². The quantitative estimate of drug-likeness (QED) is 0.616. The van der Waals surface area contributed by atoms with Crippen molar-refractivity contribution in [1.82, 2.24) is 4.57 Å². The van der Waals surface area contributed by atoms with Crippen molar-refractivity contribution in [2.24, 2.45) is 0 Å². The first-order valence-corrected chi connectivity index (χ1v) is 9.31. The number of benzene rings is 2. The molecule has 1 fully saturated rings. The van der Waals surface area contributed by atoms with Crippen LogP contribution < -0.4 is 4.90 Å². The molecule has 5 heteroatoms. The molecule has 0 spiro atoms. The SMILES string of the molecule is C=C1C(=O)SC(=O)N1c1cccc2c1ccn2Cc1ccc(CC)cc1. The van der Waals surface area contributed by atoms with Crippen LogP contribution in [0.25, 0.3) is 10.9 Å². The van der Waals surface area contributed by atoms with Gasteiger partial charge in [0.15, 0.2) is 0 Å². The highest BCUT2D eigenvalue weighted by Crippen LogP contribution is 2.37. The number of hydrogen-bond donors (Lipinski definition) is 0. The van der Waals surface area contributed by atoms with E-state index in [2.05, 4.69) is 42.3 Å². The van der Waals surface area contributed by atoms with E-state index in [4.69, 9.17) is 0 Å². The van der Waals surface area contributed by atoms with Gasteiger partial charge in [0, 0.05) is 29.9 Å². The van der Waals surface area contributed by atoms with Crippen molar-refractivity contribution in [3.63, 3.8) is 0 Å². The molecular formula is C21H18N2O2S. The zero-order valence-electron chi connectivity index (χ0n) is 14.4. The fourth-order valence-electron chi connectivity index (χ4n) is 3.25. The Balaban J connectivity index is 1.72. The Bertz CT molecular complexity index is 1030. The second-order valence-electron chi connectivity index (χ2n) is 6.26. The van der Waals surface area contributed by atoms with Gasteiger partial charge in [-0.25, -0.2) is 0 Å². The monoisotopic (exact) mass is 362 g/mol. The van der Waals surface area contributed by atoms with Crippen molar-refractivity contribution in [2.45, 2.75) is 19.9 Å². The summed E-state index contributed by atoms with van der Waals surface area (Å²) in [6, 6.07) is 16.4. The summed E-state index contributed by atoms with van der Waals surface area (Å²) in [7, 11) is 0. The molecule has 3 aromatic rings. The summed E-state index contributed by atoms with van der Waals surface area (Å²) in [4.78, 5) is 25.4. The van der Waals surface area contributed by atoms with Crippen molar-refractivity contribution < 1.29 is 9.59 Å². The summed E-state index contributed by atoms with van der Waals surface area (Å²) in [5, 5.41) is 0.348. The summed E-state index contributed by atoms with van der Waals surface area (Å²) in [5.41, 5.74) is 4.48. The van der Waals surface area contributed by atoms with Gasteiger partial charge >= 0.3 is 0 Å². The first-order valence-electron chi connectivity index (χ1n) is 8.49. The Morgan fingerprint density at radius 3 is 2.38 bits per heavy atom. The molecule has 0 aliphatic carbocycles. The molecule has 26 heavy (non-hydrogen) atoms. The molecule has 1 aromatic heterocycles. The molecule has 0 bridgehead atoms. The summed E-state index contributed by atoms with van der Waals surface area (Å²) in [6.07, 6.45) is 3.04. The molecule has 2 aromatic carbocycles. The number of anilines is 1. The number of carbonyl (C=O) groups excluding carboxylic acids is 2. The van der Waals surface area contributed by atoms with Gasteiger partial charge in [-0.1, -0.05) is 43.8 Å². The van der Waals surface area contributed by atoms with Crippen molar-refractivity contribution >= 4 is 38.7 Å². The van der Waals surface area contributed by atoms with Gasteiger partial charge in [0.05, 0.1) is 16.9 Å². The summed E-state index contributed by atoms with van der Waals surface area (Å²) >= 11 is 0.695. The van der Waals surface area contributed by atoms with Crippen LogP contribution in [0, 0.1) is 0 Å². The molecule has 2 heterocycles. The largest absolute Gasteiger partial charge is 0.343 e. The Kier molecular flexibility index (Phi) is 4.17. The van der Waals surface area contributed by atoms with Crippen LogP contribution >= 0.6 is 11.8 Å². The van der Waals surface area contributed by atoms with Crippen LogP contribution in [0.5, 0.6) is 0 Å². The van der Waals surface area contributed by atoms with Crippen LogP contribution in [-0.2, 0) is 17.8 Å². The van der Waals surface area contributed by atoms with E-state index in [0.717, 1.165) is 23.9 Å². The van der Waals surface area contributed by atoms with E-state index in [1.807, 2.05) is 30.5 Å². The number of aryl methyl sites for hydroxylation is 1. The lowest BCUT2D eigenvalue weighted by atomic mass is 10.1. The molecule has 0 saturated carbocycles. The lowest BCUT2D eigenvalue weighted by molar-refractivity contribution is -0.107. The second-order valence-corrected chi connectivity index (χ2v) is 7.19. The highest BCUT2D eigenvalue weighted by atomic mass is 32.2. The van der Waals surface area contributed by atoms with Crippen LogP contribution in [0.15, 0.2) is 67.0 Å². The van der Waals surface area contributed by atoms with Crippen LogP contribution in [0.2, 0.25) is 0 Å². The number of carbonyl (C=O) groups is 2. The maximum absolute atomic E-state index is 12.2. The molecule has 1 amide bonds. The molecule has 4 rings (SSSR count). The van der Waals surface area contributed by atoms with Crippen molar-refractivity contribution in [3.8, 4) is 0 Å². The lowest BCUT2D eigenvalue weighted by Gasteiger charge is -2.16. The zero-order chi connectivity index (χ0) is 18.3. The van der Waals surface area contributed by atoms with Crippen LogP contribution in [-0.4, -0.2) is 14.9 Å². The second kappa shape index (κ2) is 6.50. The molecule has 0 atom stereocenters. The Labute approximate surface area is 156 Å². The standard InChI is InChI=1S/C21H18N2O2S/c1-3-15-7-9-16(10-8-15)13-22-12-11-17-18(22)5-4-6-19(17)23-14(2)20(24)26-21(23)25/h4-12H,2-3,13H2,1H3. The maximum atomic E-state index is 12.2. The highest BCUT2D eigenvalue weighted by molar-refractivity contribution is 8.27. The van der Waals surface area contributed by atoms with E-state index in [1.54, 1.807) is 0 Å². The minimum atomic E-state index is -0.296. The Morgan fingerprint density at radius 2 is 1.73 bits per heavy atom. The third-order valence-electron chi connectivity index (χ3n) is 4.68. The van der Waals surface area contributed by atoms with Gasteiger partial charge in [-0.3, -0.25) is 14.5 Å². The number of amides is 1. The summed E-state index contributed by atoms with van der Waals surface area (Å²) in [5.74, 6) is 0. The Hall–Kier alpha value is -2.79. The fourth-order valence-corrected chi connectivity index (χ4v) is 3.91. The minimum Gasteiger partial charge on any atom is -0.343 e. The van der Waals surface area contributed by atoms with Crippen LogP contribution in [0.3, 0.4) is 0 Å². The third kappa shape index (κ3) is 2.74. The third-order valence-corrected chi connectivity index (χ3v) is 5.46. The van der Waals surface area contributed by atoms with E-state index in [-0.39, 0.29) is 16.1 Å². The van der Waals surface area contributed by atoms with Crippen LogP contribution in [0.4, 0.5) is 10.5 Å². The van der Waals surface area contributed by atoms with Gasteiger partial charge < -0.3 is 4.57 Å². The van der Waals surface area contributed by atoms with Crippen molar-refractivity contribution in [1.29, 1.82) is 0 Å². The fraction of sp³-hybridized carbons (Fsp3) is 0.143. The van der Waals surface area contributed by atoms with Crippen molar-refractivity contribution in [2.75, 3.05) is 4.90 Å². The van der Waals surface area contributed by atoms with E-state index in [1.165, 1.54) is 16.0 Å². The predicted molar refractivity (Wildman–Crippen MR) is 106 cm³/mol. The highest BCUT2D eigenvalue weighted by Gasteiger charge is 2.35. The van der Waals surface area contributed by atoms with E-state index in [0.29, 0.717) is 17.4 Å². The first kappa shape index (κ1) is 16.7. The number of aromatic nitrogens is 1. The average Bonchev–Trinajstić information content (AvgIpc) is 3.16. The molecule has 1 saturated heterocycles. The van der Waals surface area contributed by atoms with Gasteiger partial charge in [-0.05, 0) is 35.7 Å². The first-order chi connectivity index (χ1) is 12.6. The van der Waals surface area contributed by atoms with Gasteiger partial charge in [-0.15, -0.1) is 0 Å². The van der Waals surface area contributed by atoms with Gasteiger partial charge in [-0.2, -0.15) is 0 Å². The smallest absolute Gasteiger partial charge is 0.298 e. The molecule has 0 N–H and O–H groups in total. The maximum Gasteiger partial charge on any atom is 0.298 e. The topological polar surface area (TPSA) is 42.3 Å². The number of thioether (sulfide) groups is 1. The molecule has 0 radical (unpaired) electrons. The Morgan fingerprint density at radius 1 is 1.00 bits per heavy atom. The van der Waals surface area contributed by atoms with E-state index >= 15 is 0 Å². The van der Waals surface area contributed by atoms with Crippen LogP contribution in [0.1, 0.15) is 18.1 Å². The molecule has 1 aliphatic rings. The van der Waals surface area contributed by atoms with E-state index in [9.17, 15) is 9.59 Å². The normalized spacial score (nSPS) is 14.7. The minimum absolute atomic E-state index is 0.218. The molecule has 1 aliphatic heterocycles. The van der Waals surface area contributed by atoms with Crippen molar-refractivity contribution in [3.05, 3.63) is 78.1 Å². The number of hydrogen-bond acceptors (Lipinski definition) is 3. The zero-order valence-corrected chi connectivity index (χ0v) is 15.3. The van der Waals surface area contributed by atoms with Gasteiger partial charge in [0.1, 0.15) is 0 Å². The number of rotatable bonds is 4.